The molecule has 210 valence electrons. The number of hydrogen-bond acceptors (Lipinski definition) is 5. The molecule has 1 atom stereocenters. The van der Waals surface area contributed by atoms with Gasteiger partial charge in [-0.25, -0.2) is 14.6 Å². The van der Waals surface area contributed by atoms with Crippen molar-refractivity contribution < 1.29 is 23.6 Å². The minimum Gasteiger partial charge on any atom is -0.368 e. The zero-order valence-corrected chi connectivity index (χ0v) is 22.4. The second-order valence-corrected chi connectivity index (χ2v) is 8.47. The molecule has 0 aliphatic heterocycles. The van der Waals surface area contributed by atoms with Gasteiger partial charge >= 0.3 is 6.03 Å². The van der Waals surface area contributed by atoms with Gasteiger partial charge in [-0.2, -0.15) is 0 Å². The minimum atomic E-state index is -1.07. The number of fused-ring (bicyclic) bond motifs is 1. The second-order valence-electron chi connectivity index (χ2n) is 8.47. The highest BCUT2D eigenvalue weighted by Crippen LogP contribution is 2.14. The lowest BCUT2D eigenvalue weighted by Gasteiger charge is -2.16. The fraction of sp³-hybridized carbons (Fsp3) is 0.286. The number of primary amides is 1. The number of urea groups is 1. The number of hydrogen-bond donors (Lipinski definition) is 6. The summed E-state index contributed by atoms with van der Waals surface area (Å²) in [6, 6.07) is 18.5. The average Bonchev–Trinajstić information content (AvgIpc) is 2.91. The summed E-state index contributed by atoms with van der Waals surface area (Å²) >= 11 is 0. The molecule has 3 rings (SSSR count). The third-order valence-electron chi connectivity index (χ3n) is 4.82. The first kappa shape index (κ1) is 32.5. The molecule has 0 saturated carbocycles. The summed E-state index contributed by atoms with van der Waals surface area (Å²) in [5.74, 6) is -2.61. The highest BCUT2D eigenvalue weighted by Gasteiger charge is 2.19. The Morgan fingerprint density at radius 1 is 0.872 bits per heavy atom. The van der Waals surface area contributed by atoms with Crippen molar-refractivity contribution in [2.24, 2.45) is 11.5 Å². The predicted molar refractivity (Wildman–Crippen MR) is 150 cm³/mol. The van der Waals surface area contributed by atoms with Gasteiger partial charge in [0.1, 0.15) is 11.9 Å². The summed E-state index contributed by atoms with van der Waals surface area (Å²) < 4.78 is 13.2. The number of halogens is 1. The van der Waals surface area contributed by atoms with Crippen LogP contribution < -0.4 is 33.0 Å². The van der Waals surface area contributed by atoms with Crippen molar-refractivity contribution in [3.8, 4) is 0 Å². The average molecular weight is 541 g/mol. The van der Waals surface area contributed by atoms with Crippen LogP contribution >= 0.6 is 0 Å². The molecule has 0 aromatic heterocycles. The molecule has 0 aliphatic rings. The summed E-state index contributed by atoms with van der Waals surface area (Å²) in [4.78, 5) is 45.4. The van der Waals surface area contributed by atoms with E-state index >= 15 is 0 Å². The van der Waals surface area contributed by atoms with Crippen LogP contribution in [0, 0.1) is 12.7 Å². The summed E-state index contributed by atoms with van der Waals surface area (Å²) in [7, 11) is 0. The Balaban J connectivity index is 0.000000443. The first-order valence-electron chi connectivity index (χ1n) is 12.4. The Kier molecular flexibility index (Phi) is 14.9. The monoisotopic (exact) mass is 540 g/mol. The highest BCUT2D eigenvalue weighted by atomic mass is 19.1. The minimum absolute atomic E-state index is 0.00239. The molecule has 0 saturated heterocycles. The lowest BCUT2D eigenvalue weighted by molar-refractivity contribution is -0.126. The zero-order chi connectivity index (χ0) is 29.2. The summed E-state index contributed by atoms with van der Waals surface area (Å²) in [6.07, 6.45) is 1.25. The molecule has 10 nitrogen and oxygen atoms in total. The number of nitrogens with one attached hydrogen (secondary N) is 4. The van der Waals surface area contributed by atoms with Crippen LogP contribution in [0.25, 0.3) is 10.8 Å². The fourth-order valence-corrected chi connectivity index (χ4v) is 3.06. The van der Waals surface area contributed by atoms with E-state index in [1.807, 2.05) is 10.9 Å². The van der Waals surface area contributed by atoms with Crippen LogP contribution in [0.15, 0.2) is 66.7 Å². The van der Waals surface area contributed by atoms with E-state index < -0.39 is 42.2 Å². The molecular weight excluding hydrogens is 503 g/mol. The van der Waals surface area contributed by atoms with E-state index in [0.717, 1.165) is 0 Å². The molecule has 0 radical (unpaired) electrons. The van der Waals surface area contributed by atoms with Gasteiger partial charge in [0.25, 0.3) is 5.91 Å². The van der Waals surface area contributed by atoms with Gasteiger partial charge in [0.05, 0.1) is 13.1 Å². The number of hydrazine groups is 1. The Morgan fingerprint density at radius 2 is 1.54 bits per heavy atom. The highest BCUT2D eigenvalue weighted by molar-refractivity contribution is 5.90. The van der Waals surface area contributed by atoms with Gasteiger partial charge in [-0.1, -0.05) is 80.4 Å². The smallest absolute Gasteiger partial charge is 0.333 e. The number of nitrogens with two attached hydrogens (primary N) is 2. The SMILES string of the molecule is CCC.Cc1ccc2ccccc2c1.NCC(=O)NNC(=O)NCC(=O)NC(Cc1cccc(F)c1)C(N)=O. The van der Waals surface area contributed by atoms with E-state index in [1.54, 1.807) is 6.07 Å². The van der Waals surface area contributed by atoms with E-state index in [2.05, 4.69) is 73.9 Å². The van der Waals surface area contributed by atoms with Gasteiger partial charge in [0, 0.05) is 6.42 Å². The summed E-state index contributed by atoms with van der Waals surface area (Å²) in [5.41, 5.74) is 16.0. The first-order valence-corrected chi connectivity index (χ1v) is 12.4. The topological polar surface area (TPSA) is 168 Å². The lowest BCUT2D eigenvalue weighted by atomic mass is 10.1. The number of amides is 5. The van der Waals surface area contributed by atoms with E-state index in [1.165, 1.54) is 41.0 Å². The Hall–Kier alpha value is -4.51. The Bertz CT molecular complexity index is 1240. The Labute approximate surface area is 227 Å². The number of aryl methyl sites for hydroxylation is 1. The van der Waals surface area contributed by atoms with E-state index in [-0.39, 0.29) is 13.0 Å². The second kappa shape index (κ2) is 17.9. The van der Waals surface area contributed by atoms with Crippen molar-refractivity contribution >= 4 is 34.5 Å². The third kappa shape index (κ3) is 13.6. The van der Waals surface area contributed by atoms with Crippen molar-refractivity contribution in [3.63, 3.8) is 0 Å². The maximum absolute atomic E-state index is 13.2. The Morgan fingerprint density at radius 3 is 2.15 bits per heavy atom. The van der Waals surface area contributed by atoms with Crippen LogP contribution in [-0.2, 0) is 20.8 Å². The van der Waals surface area contributed by atoms with Crippen LogP contribution in [0.4, 0.5) is 9.18 Å². The molecular formula is C28H37FN6O4. The van der Waals surface area contributed by atoms with Crippen LogP contribution in [0.2, 0.25) is 0 Å². The lowest BCUT2D eigenvalue weighted by Crippen LogP contribution is -2.52. The molecule has 11 heteroatoms. The van der Waals surface area contributed by atoms with Crippen molar-refractivity contribution in [3.05, 3.63) is 83.7 Å². The van der Waals surface area contributed by atoms with Gasteiger partial charge in [0.15, 0.2) is 0 Å². The standard InChI is InChI=1S/C14H19FN6O4.C11H10.C3H8/c15-9-3-1-2-8(4-9)5-10(13(17)24)19-12(23)7-18-14(25)21-20-11(22)6-16;1-9-6-7-10-4-2-3-5-11(10)8-9;1-3-2/h1-4,10H,5-7,16H2,(H2,17,24)(H,19,23)(H,20,22)(H2,18,21,25);2-8H,1H3;3H2,1-2H3. The normalized spacial score (nSPS) is 10.5. The predicted octanol–water partition coefficient (Wildman–Crippen LogP) is 2.19. The first-order chi connectivity index (χ1) is 18.6. The maximum atomic E-state index is 13.2. The molecule has 8 N–H and O–H groups in total. The number of benzene rings is 3. The number of rotatable bonds is 7. The van der Waals surface area contributed by atoms with Crippen LogP contribution in [0.1, 0.15) is 31.4 Å². The molecule has 0 bridgehead atoms. The van der Waals surface area contributed by atoms with Gasteiger partial charge in [-0.3, -0.25) is 19.8 Å². The van der Waals surface area contributed by atoms with Gasteiger partial charge < -0.3 is 22.1 Å². The molecule has 3 aromatic rings. The number of carbonyl (C=O) groups is 4. The van der Waals surface area contributed by atoms with Crippen LogP contribution in [0.5, 0.6) is 0 Å². The van der Waals surface area contributed by atoms with Gasteiger partial charge in [-0.05, 0) is 35.4 Å². The van der Waals surface area contributed by atoms with Crippen LogP contribution in [0.3, 0.4) is 0 Å². The molecule has 39 heavy (non-hydrogen) atoms. The van der Waals surface area contributed by atoms with E-state index in [9.17, 15) is 23.6 Å². The number of carbonyl (C=O) groups excluding carboxylic acids is 4. The molecule has 0 aliphatic carbocycles. The largest absolute Gasteiger partial charge is 0.368 e. The summed E-state index contributed by atoms with van der Waals surface area (Å²) in [6.45, 7) is 5.57. The van der Waals surface area contributed by atoms with Crippen molar-refractivity contribution in [1.82, 2.24) is 21.5 Å². The maximum Gasteiger partial charge on any atom is 0.333 e. The zero-order valence-electron chi connectivity index (χ0n) is 22.4. The molecule has 0 heterocycles. The molecule has 0 spiro atoms. The fourth-order valence-electron chi connectivity index (χ4n) is 3.06. The molecule has 0 fully saturated rings. The van der Waals surface area contributed by atoms with Crippen LogP contribution in [-0.4, -0.2) is 42.9 Å². The molecule has 3 aromatic carbocycles. The van der Waals surface area contributed by atoms with E-state index in [0.29, 0.717) is 5.56 Å². The van der Waals surface area contributed by atoms with Crippen molar-refractivity contribution in [2.45, 2.75) is 39.7 Å². The third-order valence-corrected chi connectivity index (χ3v) is 4.82. The quantitative estimate of drug-likeness (QED) is 0.252. The van der Waals surface area contributed by atoms with Crippen molar-refractivity contribution in [1.29, 1.82) is 0 Å². The van der Waals surface area contributed by atoms with Gasteiger partial charge in [0.2, 0.25) is 11.8 Å². The molecule has 1 unspecified atom stereocenters. The van der Waals surface area contributed by atoms with Crippen molar-refractivity contribution in [2.75, 3.05) is 13.1 Å². The summed E-state index contributed by atoms with van der Waals surface area (Å²) in [5, 5.41) is 7.12. The molecule has 5 amide bonds. The van der Waals surface area contributed by atoms with Gasteiger partial charge in [-0.15, -0.1) is 0 Å². The van der Waals surface area contributed by atoms with E-state index in [4.69, 9.17) is 11.5 Å².